The predicted octanol–water partition coefficient (Wildman–Crippen LogP) is 3.66. The lowest BCUT2D eigenvalue weighted by atomic mass is 10.1. The standard InChI is InChI=1S/C18H17BrN2O4S/c1-10-6-11(2)16(14(19)7-10)25-9-15(22)21-18(26)20-13-5-3-4-12(8-13)17(23)24/h3-8H,9H2,1-2H3,(H,23,24)(H2,20,21,22,26). The van der Waals surface area contributed by atoms with E-state index in [1.165, 1.54) is 12.1 Å². The number of hydrogen-bond acceptors (Lipinski definition) is 4. The number of carboxylic acids is 1. The number of anilines is 1. The Morgan fingerprint density at radius 3 is 2.62 bits per heavy atom. The second kappa shape index (κ2) is 8.77. The third-order valence-corrected chi connectivity index (χ3v) is 4.13. The van der Waals surface area contributed by atoms with Crippen LogP contribution in [-0.2, 0) is 4.79 Å². The summed E-state index contributed by atoms with van der Waals surface area (Å²) in [5, 5.41) is 14.3. The number of halogens is 1. The van der Waals surface area contributed by atoms with Crippen LogP contribution in [0, 0.1) is 13.8 Å². The van der Waals surface area contributed by atoms with E-state index < -0.39 is 11.9 Å². The molecule has 0 spiro atoms. The van der Waals surface area contributed by atoms with Crippen LogP contribution in [0.4, 0.5) is 5.69 Å². The molecule has 136 valence electrons. The van der Waals surface area contributed by atoms with Crippen LogP contribution in [-0.4, -0.2) is 28.7 Å². The van der Waals surface area contributed by atoms with Gasteiger partial charge in [0.25, 0.3) is 5.91 Å². The van der Waals surface area contributed by atoms with E-state index in [1.807, 2.05) is 26.0 Å². The van der Waals surface area contributed by atoms with Crippen molar-refractivity contribution >= 4 is 50.8 Å². The van der Waals surface area contributed by atoms with Crippen molar-refractivity contribution in [1.29, 1.82) is 0 Å². The summed E-state index contributed by atoms with van der Waals surface area (Å²) in [5.74, 6) is -0.876. The van der Waals surface area contributed by atoms with Gasteiger partial charge in [-0.3, -0.25) is 10.1 Å². The SMILES string of the molecule is Cc1cc(C)c(OCC(=O)NC(=S)Nc2cccc(C(=O)O)c2)c(Br)c1. The molecule has 0 aromatic heterocycles. The molecular weight excluding hydrogens is 420 g/mol. The highest BCUT2D eigenvalue weighted by Gasteiger charge is 2.11. The third kappa shape index (κ3) is 5.53. The summed E-state index contributed by atoms with van der Waals surface area (Å²) in [6.45, 7) is 3.66. The Morgan fingerprint density at radius 2 is 1.96 bits per heavy atom. The van der Waals surface area contributed by atoms with Crippen molar-refractivity contribution in [2.75, 3.05) is 11.9 Å². The Balaban J connectivity index is 1.91. The first-order valence-electron chi connectivity index (χ1n) is 7.60. The highest BCUT2D eigenvalue weighted by molar-refractivity contribution is 9.10. The van der Waals surface area contributed by atoms with Crippen molar-refractivity contribution in [1.82, 2.24) is 5.32 Å². The minimum atomic E-state index is -1.05. The molecule has 0 fully saturated rings. The first-order chi connectivity index (χ1) is 12.3. The zero-order chi connectivity index (χ0) is 19.3. The van der Waals surface area contributed by atoms with E-state index in [2.05, 4.69) is 26.6 Å². The van der Waals surface area contributed by atoms with Crippen molar-refractivity contribution < 1.29 is 19.4 Å². The maximum Gasteiger partial charge on any atom is 0.335 e. The maximum atomic E-state index is 12.0. The fourth-order valence-electron chi connectivity index (χ4n) is 2.28. The number of aromatic carboxylic acids is 1. The molecule has 0 atom stereocenters. The molecule has 0 aliphatic heterocycles. The minimum absolute atomic E-state index is 0.0563. The molecule has 2 aromatic rings. The van der Waals surface area contributed by atoms with Crippen molar-refractivity contribution in [3.05, 3.63) is 57.6 Å². The van der Waals surface area contributed by atoms with Crippen molar-refractivity contribution in [3.63, 3.8) is 0 Å². The van der Waals surface area contributed by atoms with Gasteiger partial charge in [0.05, 0.1) is 10.0 Å². The van der Waals surface area contributed by atoms with Crippen molar-refractivity contribution in [3.8, 4) is 5.75 Å². The molecule has 26 heavy (non-hydrogen) atoms. The number of carboxylic acid groups (broad SMARTS) is 1. The number of carbonyl (C=O) groups excluding carboxylic acids is 1. The smallest absolute Gasteiger partial charge is 0.335 e. The normalized spacial score (nSPS) is 10.1. The maximum absolute atomic E-state index is 12.0. The molecule has 8 heteroatoms. The number of benzene rings is 2. The highest BCUT2D eigenvalue weighted by Crippen LogP contribution is 2.30. The van der Waals surface area contributed by atoms with Crippen LogP contribution >= 0.6 is 28.1 Å². The highest BCUT2D eigenvalue weighted by atomic mass is 79.9. The van der Waals surface area contributed by atoms with Crippen LogP contribution in [0.1, 0.15) is 21.5 Å². The van der Waals surface area contributed by atoms with Gasteiger partial charge in [0.2, 0.25) is 0 Å². The van der Waals surface area contributed by atoms with E-state index in [0.717, 1.165) is 15.6 Å². The summed E-state index contributed by atoms with van der Waals surface area (Å²) in [6, 6.07) is 9.97. The van der Waals surface area contributed by atoms with Crippen LogP contribution in [0.25, 0.3) is 0 Å². The van der Waals surface area contributed by atoms with E-state index in [1.54, 1.807) is 12.1 Å². The Kier molecular flexibility index (Phi) is 6.70. The molecule has 0 aliphatic rings. The van der Waals surface area contributed by atoms with Gasteiger partial charge in [0.15, 0.2) is 11.7 Å². The molecule has 0 heterocycles. The number of rotatable bonds is 5. The predicted molar refractivity (Wildman–Crippen MR) is 107 cm³/mol. The van der Waals surface area contributed by atoms with E-state index in [9.17, 15) is 9.59 Å². The molecule has 0 saturated carbocycles. The number of ether oxygens (including phenoxy) is 1. The van der Waals surface area contributed by atoms with Crippen LogP contribution in [0.3, 0.4) is 0 Å². The molecule has 0 bridgehead atoms. The van der Waals surface area contributed by atoms with Gasteiger partial charge in [0, 0.05) is 5.69 Å². The zero-order valence-corrected chi connectivity index (χ0v) is 16.5. The van der Waals surface area contributed by atoms with Gasteiger partial charge in [0.1, 0.15) is 5.75 Å². The first kappa shape index (κ1) is 19.9. The second-order valence-electron chi connectivity index (χ2n) is 5.57. The summed E-state index contributed by atoms with van der Waals surface area (Å²) < 4.78 is 6.33. The monoisotopic (exact) mass is 436 g/mol. The number of nitrogens with one attached hydrogen (secondary N) is 2. The molecule has 0 unspecified atom stereocenters. The zero-order valence-electron chi connectivity index (χ0n) is 14.1. The summed E-state index contributed by atoms with van der Waals surface area (Å²) in [4.78, 5) is 23.0. The Labute approximate surface area is 164 Å². The quantitative estimate of drug-likeness (QED) is 0.619. The molecule has 0 radical (unpaired) electrons. The lowest BCUT2D eigenvalue weighted by Gasteiger charge is -2.13. The summed E-state index contributed by atoms with van der Waals surface area (Å²) >= 11 is 8.48. The second-order valence-corrected chi connectivity index (χ2v) is 6.83. The van der Waals surface area contributed by atoms with Gasteiger partial charge in [-0.05, 0) is 77.4 Å². The molecule has 6 nitrogen and oxygen atoms in total. The van der Waals surface area contributed by atoms with Crippen LogP contribution in [0.15, 0.2) is 40.9 Å². The molecule has 3 N–H and O–H groups in total. The van der Waals surface area contributed by atoms with Crippen molar-refractivity contribution in [2.45, 2.75) is 13.8 Å². The van der Waals surface area contributed by atoms with Gasteiger partial charge >= 0.3 is 5.97 Å². The molecular formula is C18H17BrN2O4S. The Bertz CT molecular complexity index is 847. The van der Waals surface area contributed by atoms with Gasteiger partial charge in [-0.15, -0.1) is 0 Å². The van der Waals surface area contributed by atoms with Crippen LogP contribution < -0.4 is 15.4 Å². The average molecular weight is 437 g/mol. The van der Waals surface area contributed by atoms with E-state index in [-0.39, 0.29) is 17.3 Å². The van der Waals surface area contributed by atoms with Gasteiger partial charge in [-0.25, -0.2) is 4.79 Å². The van der Waals surface area contributed by atoms with Crippen LogP contribution in [0.2, 0.25) is 0 Å². The third-order valence-electron chi connectivity index (χ3n) is 3.34. The number of carbonyl (C=O) groups is 2. The number of thiocarbonyl (C=S) groups is 1. The molecule has 2 rings (SSSR count). The van der Waals surface area contributed by atoms with Crippen LogP contribution in [0.5, 0.6) is 5.75 Å². The first-order valence-corrected chi connectivity index (χ1v) is 8.80. The lowest BCUT2D eigenvalue weighted by Crippen LogP contribution is -2.37. The number of hydrogen-bond donors (Lipinski definition) is 3. The number of amides is 1. The fraction of sp³-hybridized carbons (Fsp3) is 0.167. The van der Waals surface area contributed by atoms with E-state index in [0.29, 0.717) is 11.4 Å². The van der Waals surface area contributed by atoms with Crippen molar-refractivity contribution in [2.24, 2.45) is 0 Å². The molecule has 1 amide bonds. The largest absolute Gasteiger partial charge is 0.482 e. The molecule has 0 saturated heterocycles. The van der Waals surface area contributed by atoms with Gasteiger partial charge in [-0.1, -0.05) is 12.1 Å². The average Bonchev–Trinajstić information content (AvgIpc) is 2.53. The van der Waals surface area contributed by atoms with E-state index in [4.69, 9.17) is 22.1 Å². The number of aryl methyl sites for hydroxylation is 2. The molecule has 0 aliphatic carbocycles. The summed E-state index contributed by atoms with van der Waals surface area (Å²) in [5.41, 5.74) is 2.58. The molecule has 2 aromatic carbocycles. The fourth-order valence-corrected chi connectivity index (χ4v) is 3.30. The van der Waals surface area contributed by atoms with E-state index >= 15 is 0 Å². The summed E-state index contributed by atoms with van der Waals surface area (Å²) in [7, 11) is 0. The minimum Gasteiger partial charge on any atom is -0.482 e. The Hall–Kier alpha value is -2.45. The topological polar surface area (TPSA) is 87.7 Å². The lowest BCUT2D eigenvalue weighted by molar-refractivity contribution is -0.121. The Morgan fingerprint density at radius 1 is 1.23 bits per heavy atom. The summed E-state index contributed by atoms with van der Waals surface area (Å²) in [6.07, 6.45) is 0. The van der Waals surface area contributed by atoms with Gasteiger partial charge < -0.3 is 15.2 Å². The van der Waals surface area contributed by atoms with Gasteiger partial charge in [-0.2, -0.15) is 0 Å².